The summed E-state index contributed by atoms with van der Waals surface area (Å²) in [5.41, 5.74) is 1.51. The van der Waals surface area contributed by atoms with Gasteiger partial charge in [-0.15, -0.1) is 5.10 Å². The lowest BCUT2D eigenvalue weighted by Crippen LogP contribution is -2.59. The molecule has 5 aliphatic rings. The maximum atomic E-state index is 13.9. The molecule has 0 unspecified atom stereocenters. The van der Waals surface area contributed by atoms with Crippen molar-refractivity contribution < 1.29 is 92.5 Å². The van der Waals surface area contributed by atoms with E-state index in [2.05, 4.69) is 36.9 Å². The van der Waals surface area contributed by atoms with Crippen molar-refractivity contribution in [1.82, 2.24) is 36.3 Å². The van der Waals surface area contributed by atoms with E-state index in [1.54, 1.807) is 59.0 Å². The molecule has 5 amide bonds. The number of nitrogens with zero attached hydrogens (tertiary/aromatic N) is 3. The molecule has 27 nitrogen and oxygen atoms in total. The van der Waals surface area contributed by atoms with Gasteiger partial charge in [0.25, 0.3) is 0 Å². The van der Waals surface area contributed by atoms with E-state index >= 15 is 0 Å². The van der Waals surface area contributed by atoms with Gasteiger partial charge in [0.05, 0.1) is 89.3 Å². The lowest BCUT2D eigenvalue weighted by atomic mass is 9.77. The van der Waals surface area contributed by atoms with Crippen LogP contribution in [0.2, 0.25) is 0 Å². The van der Waals surface area contributed by atoms with Crippen molar-refractivity contribution in [2.45, 2.75) is 105 Å². The average Bonchev–Trinajstić information content (AvgIpc) is 1.67. The fourth-order valence-electron chi connectivity index (χ4n) is 10.9. The van der Waals surface area contributed by atoms with Crippen LogP contribution in [0.25, 0.3) is 0 Å². The Kier molecular flexibility index (Phi) is 20.7. The van der Waals surface area contributed by atoms with Crippen molar-refractivity contribution in [2.75, 3.05) is 77.1 Å². The molecule has 28 heteroatoms. The number of benzene rings is 4. The van der Waals surface area contributed by atoms with Gasteiger partial charge in [0.15, 0.2) is 11.9 Å². The third-order valence-electron chi connectivity index (χ3n) is 15.4. The molecule has 1 spiro atoms. The maximum Gasteiger partial charge on any atom is 0.340 e. The summed E-state index contributed by atoms with van der Waals surface area (Å²) in [6.45, 7) is 1.68. The largest absolute Gasteiger partial charge is 0.508 e. The van der Waals surface area contributed by atoms with Gasteiger partial charge >= 0.3 is 12.0 Å². The van der Waals surface area contributed by atoms with Crippen molar-refractivity contribution in [3.63, 3.8) is 0 Å². The van der Waals surface area contributed by atoms with Crippen LogP contribution in [0.1, 0.15) is 64.0 Å². The van der Waals surface area contributed by atoms with Gasteiger partial charge in [-0.05, 0) is 73.4 Å². The quantitative estimate of drug-likeness (QED) is 0.0175. The summed E-state index contributed by atoms with van der Waals surface area (Å²) in [4.78, 5) is 66.2. The van der Waals surface area contributed by atoms with Crippen LogP contribution in [0.5, 0.6) is 28.7 Å². The Hall–Kier alpha value is -7.64. The fraction of sp³-hybridized carbons (Fsp3) is 0.475. The zero-order chi connectivity index (χ0) is 61.0. The second kappa shape index (κ2) is 28.9. The molecule has 9 atom stereocenters. The maximum absolute atomic E-state index is 13.9. The lowest BCUT2D eigenvalue weighted by Gasteiger charge is -2.39. The molecule has 0 saturated carbocycles. The minimum absolute atomic E-state index is 0.0438. The molecule has 1 aromatic heterocycles. The molecule has 11 N–H and O–H groups in total. The molecule has 0 bridgehead atoms. The molecule has 3 saturated heterocycles. The molecule has 10 rings (SSSR count). The zero-order valence-electron chi connectivity index (χ0n) is 47.2. The number of phenols is 2. The highest BCUT2D eigenvalue weighted by Gasteiger charge is 2.54. The van der Waals surface area contributed by atoms with E-state index < -0.39 is 73.3 Å². The first kappa shape index (κ1) is 62.4. The monoisotopic (exact) mass is 1230 g/mol. The lowest BCUT2D eigenvalue weighted by molar-refractivity contribution is -0.300. The van der Waals surface area contributed by atoms with Crippen molar-refractivity contribution >= 4 is 47.2 Å². The Morgan fingerprint density at radius 3 is 2.22 bits per heavy atom. The number of amides is 5. The van der Waals surface area contributed by atoms with Gasteiger partial charge in [0.2, 0.25) is 17.7 Å². The highest BCUT2D eigenvalue weighted by Crippen LogP contribution is 2.57. The van der Waals surface area contributed by atoms with Crippen LogP contribution in [0.3, 0.4) is 0 Å². The number of esters is 1. The standard InChI is InChI=1S/C59H70N8O19S/c68-31-47-52(73)53(74)54(75)57(85-47)83-17-15-33-5-10-38(11-6-33)82-24-23-81-22-21-80-20-19-79-18-16-67-30-35(65-66-67)26-43(62-49(71)4-2-1-3-48-51-44(32-87-48)63-58(78)64-51)55(76)60-29-50(72)61-34-7-12-40-39(25-34)56(77)86-59(40)41-13-8-36(69)27-45(41)84-46-28-37(70)9-14-42(46)59/h5-14,25,27-28,30,43-44,47-48,51-54,57,68-70,73-75H,1-4,15-24,26,29,31-32H2,(H,60,76)(H,61,72)(H,62,71)(H2,63,64,78)/t43-,44-,47+,48-,51-,52+,53-,54+,57+/m0/s1. The summed E-state index contributed by atoms with van der Waals surface area (Å²) in [6.07, 6.45) is -2.37. The number of carbonyl (C=O) groups excluding carboxylic acids is 5. The number of thioether (sulfide) groups is 1. The minimum Gasteiger partial charge on any atom is -0.508 e. The number of fused-ring (bicyclic) bond motifs is 7. The Balaban J connectivity index is 0.643. The first-order valence-electron chi connectivity index (χ1n) is 28.7. The number of aliphatic hydroxyl groups excluding tert-OH is 4. The molecular formula is C59H70N8O19S. The van der Waals surface area contributed by atoms with Crippen LogP contribution < -0.4 is 36.1 Å². The number of phenolic OH excluding ortho intramolecular Hbond substituents is 2. The summed E-state index contributed by atoms with van der Waals surface area (Å²) in [5.74, 6) is -0.622. The van der Waals surface area contributed by atoms with E-state index in [4.69, 9.17) is 37.9 Å². The van der Waals surface area contributed by atoms with Crippen LogP contribution in [0.4, 0.5) is 10.5 Å². The number of unbranched alkanes of at least 4 members (excludes halogenated alkanes) is 1. The third kappa shape index (κ3) is 15.2. The predicted molar refractivity (Wildman–Crippen MR) is 307 cm³/mol. The number of ether oxygens (including phenoxy) is 8. The number of carbonyl (C=O) groups is 5. The number of aromatic nitrogens is 3. The van der Waals surface area contributed by atoms with E-state index in [0.29, 0.717) is 87.2 Å². The average molecular weight is 1230 g/mol. The first-order valence-corrected chi connectivity index (χ1v) is 29.7. The number of anilines is 1. The van der Waals surface area contributed by atoms with Gasteiger partial charge in [-0.3, -0.25) is 14.4 Å². The predicted octanol–water partition coefficient (Wildman–Crippen LogP) is 1.25. The van der Waals surface area contributed by atoms with Crippen LogP contribution in [-0.2, 0) is 67.8 Å². The second-order valence-electron chi connectivity index (χ2n) is 21.4. The van der Waals surface area contributed by atoms with Crippen LogP contribution in [-0.4, -0.2) is 201 Å². The summed E-state index contributed by atoms with van der Waals surface area (Å²) in [7, 11) is 0. The summed E-state index contributed by atoms with van der Waals surface area (Å²) in [6, 6.07) is 19.7. The molecule has 0 aliphatic carbocycles. The zero-order valence-corrected chi connectivity index (χ0v) is 48.1. The molecular weight excluding hydrogens is 1160 g/mol. The number of aliphatic hydroxyl groups is 4. The second-order valence-corrected chi connectivity index (χ2v) is 22.6. The summed E-state index contributed by atoms with van der Waals surface area (Å²) >= 11 is 1.79. The Labute approximate surface area is 503 Å². The van der Waals surface area contributed by atoms with Crippen molar-refractivity contribution in [3.8, 4) is 28.7 Å². The van der Waals surface area contributed by atoms with Gasteiger partial charge in [-0.2, -0.15) is 11.8 Å². The summed E-state index contributed by atoms with van der Waals surface area (Å²) < 4.78 is 47.4. The van der Waals surface area contributed by atoms with Crippen molar-refractivity contribution in [1.29, 1.82) is 0 Å². The van der Waals surface area contributed by atoms with Crippen LogP contribution >= 0.6 is 11.8 Å². The SMILES string of the molecule is O=C(CNC(=O)[C@H](Cc1cn(CCOCCOCCOCCOc2ccc(CCO[C@@H]3O[C@H](CO)[C@@H](O)[C@H](O)[C@H]3O)cc2)nn1)NC(=O)CCCC[C@@H]1SC[C@@H]2NC(=O)N[C@@H]21)Nc1ccc2c(c1)C(=O)OC21c2ccc(O)cc2Oc2cc(O)ccc21. The molecule has 5 aliphatic heterocycles. The molecule has 87 heavy (non-hydrogen) atoms. The number of hydrogen-bond donors (Lipinski definition) is 11. The molecule has 5 aromatic rings. The third-order valence-corrected chi connectivity index (χ3v) is 16.9. The van der Waals surface area contributed by atoms with E-state index in [1.807, 2.05) is 12.1 Å². The normalized spacial score (nSPS) is 22.4. The molecule has 6 heterocycles. The van der Waals surface area contributed by atoms with E-state index in [9.17, 15) is 54.6 Å². The van der Waals surface area contributed by atoms with Gasteiger partial charge in [0, 0.05) is 64.6 Å². The fourth-order valence-corrected chi connectivity index (χ4v) is 12.5. The van der Waals surface area contributed by atoms with Gasteiger partial charge in [-0.1, -0.05) is 29.8 Å². The smallest absolute Gasteiger partial charge is 0.340 e. The first-order chi connectivity index (χ1) is 42.1. The number of hydrogen-bond acceptors (Lipinski definition) is 22. The minimum atomic E-state index is -1.50. The topological polar surface area (TPSA) is 371 Å². The summed E-state index contributed by atoms with van der Waals surface area (Å²) in [5, 5.41) is 82.7. The van der Waals surface area contributed by atoms with Gasteiger partial charge in [-0.25, -0.2) is 14.3 Å². The Bertz CT molecular complexity index is 3170. The number of rotatable bonds is 30. The van der Waals surface area contributed by atoms with Gasteiger partial charge in [0.1, 0.15) is 65.8 Å². The molecule has 0 radical (unpaired) electrons. The number of urea groups is 1. The van der Waals surface area contributed by atoms with E-state index in [0.717, 1.165) is 24.2 Å². The van der Waals surface area contributed by atoms with Crippen molar-refractivity contribution in [3.05, 3.63) is 119 Å². The van der Waals surface area contributed by atoms with Crippen LogP contribution in [0.15, 0.2) is 85.1 Å². The van der Waals surface area contributed by atoms with Gasteiger partial charge < -0.3 is 95.1 Å². The highest BCUT2D eigenvalue weighted by atomic mass is 32.2. The molecule has 4 aromatic carbocycles. The Morgan fingerprint density at radius 2 is 1.49 bits per heavy atom. The van der Waals surface area contributed by atoms with Crippen molar-refractivity contribution in [2.24, 2.45) is 0 Å². The molecule has 466 valence electrons. The Morgan fingerprint density at radius 1 is 0.793 bits per heavy atom. The molecule has 3 fully saturated rings. The number of aromatic hydroxyl groups is 2. The number of nitrogens with one attached hydrogen (secondary N) is 5. The van der Waals surface area contributed by atoms with E-state index in [-0.39, 0.29) is 89.6 Å². The van der Waals surface area contributed by atoms with Crippen LogP contribution in [0, 0.1) is 0 Å². The van der Waals surface area contributed by atoms with E-state index in [1.165, 1.54) is 30.3 Å². The highest BCUT2D eigenvalue weighted by molar-refractivity contribution is 8.00.